The van der Waals surface area contributed by atoms with Crippen LogP contribution in [-0.2, 0) is 6.42 Å². The maximum atomic E-state index is 5.88. The standard InChI is InChI=1S/C11H19N3O/c1-2-3-11-10(8-13-15-11)14-6-4-9(12)5-7-14/h8-9H,2-7,12H2,1H3. The van der Waals surface area contributed by atoms with E-state index >= 15 is 0 Å². The van der Waals surface area contributed by atoms with E-state index in [-0.39, 0.29) is 0 Å². The van der Waals surface area contributed by atoms with Gasteiger partial charge in [-0.3, -0.25) is 0 Å². The average molecular weight is 209 g/mol. The van der Waals surface area contributed by atoms with Gasteiger partial charge in [-0.2, -0.15) is 0 Å². The lowest BCUT2D eigenvalue weighted by atomic mass is 10.1. The summed E-state index contributed by atoms with van der Waals surface area (Å²) in [5.74, 6) is 1.02. The van der Waals surface area contributed by atoms with Crippen molar-refractivity contribution >= 4 is 5.69 Å². The molecule has 0 aliphatic carbocycles. The van der Waals surface area contributed by atoms with E-state index < -0.39 is 0 Å². The first-order valence-corrected chi connectivity index (χ1v) is 5.75. The van der Waals surface area contributed by atoms with Crippen LogP contribution in [0.1, 0.15) is 31.9 Å². The largest absolute Gasteiger partial charge is 0.367 e. The average Bonchev–Trinajstić information content (AvgIpc) is 2.68. The topological polar surface area (TPSA) is 55.3 Å². The van der Waals surface area contributed by atoms with Crippen molar-refractivity contribution in [3.63, 3.8) is 0 Å². The molecule has 0 unspecified atom stereocenters. The summed E-state index contributed by atoms with van der Waals surface area (Å²) in [5.41, 5.74) is 7.05. The Bertz CT molecular complexity index is 303. The molecule has 84 valence electrons. The molecule has 2 rings (SSSR count). The number of anilines is 1. The van der Waals surface area contributed by atoms with Crippen molar-refractivity contribution in [3.05, 3.63) is 12.0 Å². The van der Waals surface area contributed by atoms with E-state index in [0.29, 0.717) is 6.04 Å². The summed E-state index contributed by atoms with van der Waals surface area (Å²) in [7, 11) is 0. The molecule has 15 heavy (non-hydrogen) atoms. The van der Waals surface area contributed by atoms with E-state index in [9.17, 15) is 0 Å². The van der Waals surface area contributed by atoms with Crippen molar-refractivity contribution in [2.45, 2.75) is 38.6 Å². The van der Waals surface area contributed by atoms with Crippen LogP contribution < -0.4 is 10.6 Å². The predicted molar refractivity (Wildman–Crippen MR) is 59.9 cm³/mol. The Morgan fingerprint density at radius 3 is 2.93 bits per heavy atom. The normalized spacial score (nSPS) is 18.4. The molecule has 1 aromatic heterocycles. The van der Waals surface area contributed by atoms with Crippen molar-refractivity contribution in [1.82, 2.24) is 5.16 Å². The molecular weight excluding hydrogens is 190 g/mol. The number of nitrogens with two attached hydrogens (primary N) is 1. The van der Waals surface area contributed by atoms with Gasteiger partial charge in [0.1, 0.15) is 5.69 Å². The summed E-state index contributed by atoms with van der Waals surface area (Å²) in [4.78, 5) is 2.34. The van der Waals surface area contributed by atoms with Crippen molar-refractivity contribution < 1.29 is 4.52 Å². The quantitative estimate of drug-likeness (QED) is 0.820. The first kappa shape index (κ1) is 10.5. The van der Waals surface area contributed by atoms with Crippen LogP contribution in [0, 0.1) is 0 Å². The van der Waals surface area contributed by atoms with Gasteiger partial charge in [-0.1, -0.05) is 12.1 Å². The lowest BCUT2D eigenvalue weighted by Crippen LogP contribution is -2.39. The smallest absolute Gasteiger partial charge is 0.159 e. The number of aromatic nitrogens is 1. The molecule has 1 aliphatic rings. The van der Waals surface area contributed by atoms with E-state index in [4.69, 9.17) is 10.3 Å². The molecule has 1 saturated heterocycles. The molecular formula is C11H19N3O. The maximum Gasteiger partial charge on any atom is 0.159 e. The molecule has 1 fully saturated rings. The Balaban J connectivity index is 2.05. The van der Waals surface area contributed by atoms with Crippen LogP contribution in [0.25, 0.3) is 0 Å². The highest BCUT2D eigenvalue weighted by atomic mass is 16.5. The Morgan fingerprint density at radius 2 is 2.27 bits per heavy atom. The number of hydrogen-bond donors (Lipinski definition) is 1. The van der Waals surface area contributed by atoms with E-state index in [0.717, 1.165) is 44.5 Å². The zero-order valence-electron chi connectivity index (χ0n) is 9.28. The molecule has 1 aliphatic heterocycles. The second-order valence-corrected chi connectivity index (χ2v) is 4.21. The second kappa shape index (κ2) is 4.66. The molecule has 0 radical (unpaired) electrons. The zero-order chi connectivity index (χ0) is 10.7. The third-order valence-corrected chi connectivity index (χ3v) is 2.98. The van der Waals surface area contributed by atoms with E-state index in [1.165, 1.54) is 5.69 Å². The van der Waals surface area contributed by atoms with Crippen molar-refractivity contribution in [2.24, 2.45) is 5.73 Å². The van der Waals surface area contributed by atoms with Crippen molar-refractivity contribution in [3.8, 4) is 0 Å². The number of piperidine rings is 1. The van der Waals surface area contributed by atoms with E-state index in [1.54, 1.807) is 0 Å². The Hall–Kier alpha value is -1.03. The van der Waals surface area contributed by atoms with Gasteiger partial charge in [0.25, 0.3) is 0 Å². The van der Waals surface area contributed by atoms with Crippen LogP contribution in [-0.4, -0.2) is 24.3 Å². The van der Waals surface area contributed by atoms with Crippen LogP contribution in [0.2, 0.25) is 0 Å². The Labute approximate surface area is 90.4 Å². The van der Waals surface area contributed by atoms with Gasteiger partial charge >= 0.3 is 0 Å². The van der Waals surface area contributed by atoms with Gasteiger partial charge in [0, 0.05) is 25.6 Å². The fourth-order valence-corrected chi connectivity index (χ4v) is 2.06. The van der Waals surface area contributed by atoms with Gasteiger partial charge in [0.05, 0.1) is 6.20 Å². The second-order valence-electron chi connectivity index (χ2n) is 4.21. The minimum Gasteiger partial charge on any atom is -0.367 e. The van der Waals surface area contributed by atoms with Crippen LogP contribution >= 0.6 is 0 Å². The van der Waals surface area contributed by atoms with Gasteiger partial charge in [-0.15, -0.1) is 0 Å². The highest BCUT2D eigenvalue weighted by Crippen LogP contribution is 2.24. The van der Waals surface area contributed by atoms with Gasteiger partial charge in [0.2, 0.25) is 0 Å². The molecule has 0 spiro atoms. The summed E-state index contributed by atoms with van der Waals surface area (Å²) >= 11 is 0. The lowest BCUT2D eigenvalue weighted by molar-refractivity contribution is 0.381. The first-order valence-electron chi connectivity index (χ1n) is 5.75. The molecule has 1 aromatic rings. The first-order chi connectivity index (χ1) is 7.31. The third kappa shape index (κ3) is 2.31. The minimum absolute atomic E-state index is 0.371. The molecule has 2 heterocycles. The zero-order valence-corrected chi connectivity index (χ0v) is 9.28. The van der Waals surface area contributed by atoms with E-state index in [2.05, 4.69) is 17.0 Å². The number of nitrogens with zero attached hydrogens (tertiary/aromatic N) is 2. The van der Waals surface area contributed by atoms with Crippen molar-refractivity contribution in [1.29, 1.82) is 0 Å². The number of aryl methyl sites for hydroxylation is 1. The van der Waals surface area contributed by atoms with Gasteiger partial charge in [0.15, 0.2) is 5.76 Å². The lowest BCUT2D eigenvalue weighted by Gasteiger charge is -2.31. The monoisotopic (exact) mass is 209 g/mol. The molecule has 4 heteroatoms. The summed E-state index contributed by atoms with van der Waals surface area (Å²) < 4.78 is 5.26. The summed E-state index contributed by atoms with van der Waals surface area (Å²) in [5, 5.41) is 3.89. The minimum atomic E-state index is 0.371. The van der Waals surface area contributed by atoms with Crippen LogP contribution in [0.4, 0.5) is 5.69 Å². The molecule has 0 bridgehead atoms. The van der Waals surface area contributed by atoms with E-state index in [1.807, 2.05) is 6.20 Å². The number of hydrogen-bond acceptors (Lipinski definition) is 4. The Morgan fingerprint density at radius 1 is 1.53 bits per heavy atom. The van der Waals surface area contributed by atoms with Crippen LogP contribution in [0.3, 0.4) is 0 Å². The fourth-order valence-electron chi connectivity index (χ4n) is 2.06. The Kier molecular flexibility index (Phi) is 3.26. The maximum absolute atomic E-state index is 5.88. The van der Waals surface area contributed by atoms with Gasteiger partial charge in [-0.05, 0) is 19.3 Å². The molecule has 0 saturated carbocycles. The van der Waals surface area contributed by atoms with Crippen LogP contribution in [0.15, 0.2) is 10.7 Å². The van der Waals surface area contributed by atoms with Crippen LogP contribution in [0.5, 0.6) is 0 Å². The molecule has 0 aromatic carbocycles. The summed E-state index contributed by atoms with van der Waals surface area (Å²) in [6.45, 7) is 4.20. The predicted octanol–water partition coefficient (Wildman–Crippen LogP) is 1.55. The highest BCUT2D eigenvalue weighted by Gasteiger charge is 2.20. The fraction of sp³-hybridized carbons (Fsp3) is 0.727. The molecule has 4 nitrogen and oxygen atoms in total. The van der Waals surface area contributed by atoms with Gasteiger partial charge < -0.3 is 15.2 Å². The summed E-state index contributed by atoms with van der Waals surface area (Å²) in [6.07, 6.45) is 6.03. The molecule has 2 N–H and O–H groups in total. The summed E-state index contributed by atoms with van der Waals surface area (Å²) in [6, 6.07) is 0.371. The molecule has 0 atom stereocenters. The van der Waals surface area contributed by atoms with Crippen molar-refractivity contribution in [2.75, 3.05) is 18.0 Å². The number of rotatable bonds is 3. The third-order valence-electron chi connectivity index (χ3n) is 2.98. The molecule has 0 amide bonds. The highest BCUT2D eigenvalue weighted by molar-refractivity contribution is 5.48. The van der Waals surface area contributed by atoms with Gasteiger partial charge in [-0.25, -0.2) is 0 Å². The SMILES string of the molecule is CCCc1oncc1N1CCC(N)CC1.